The molecule has 2 aliphatic rings. The quantitative estimate of drug-likeness (QED) is 0.493. The highest BCUT2D eigenvalue weighted by atomic mass is 32.2. The van der Waals surface area contributed by atoms with E-state index >= 15 is 0 Å². The number of hydrogen-bond donors (Lipinski definition) is 3. The number of nitrogens with one attached hydrogen (secondary N) is 2. The zero-order valence-corrected chi connectivity index (χ0v) is 20.8. The summed E-state index contributed by atoms with van der Waals surface area (Å²) in [6, 6.07) is 13.4. The van der Waals surface area contributed by atoms with Gasteiger partial charge in [-0.25, -0.2) is 9.52 Å². The van der Waals surface area contributed by atoms with Crippen LogP contribution in [-0.4, -0.2) is 47.8 Å². The van der Waals surface area contributed by atoms with Crippen molar-refractivity contribution in [3.05, 3.63) is 69.9 Å². The van der Waals surface area contributed by atoms with Crippen molar-refractivity contribution < 1.29 is 23.1 Å². The first-order valence-corrected chi connectivity index (χ1v) is 13.2. The van der Waals surface area contributed by atoms with Gasteiger partial charge in [-0.1, -0.05) is 38.1 Å². The minimum atomic E-state index is -4.03. The molecular formula is C26H26N4O5S. The van der Waals surface area contributed by atoms with Gasteiger partial charge in [0.2, 0.25) is 0 Å². The van der Waals surface area contributed by atoms with Crippen molar-refractivity contribution in [3.63, 3.8) is 0 Å². The molecule has 36 heavy (non-hydrogen) atoms. The summed E-state index contributed by atoms with van der Waals surface area (Å²) in [5.74, 6) is 0.209. The lowest BCUT2D eigenvalue weighted by Gasteiger charge is -2.33. The Labute approximate surface area is 208 Å². The number of carbonyl (C=O) groups excluding carboxylic acids is 1. The van der Waals surface area contributed by atoms with Gasteiger partial charge in [-0.3, -0.25) is 4.79 Å². The van der Waals surface area contributed by atoms with Gasteiger partial charge in [0, 0.05) is 40.7 Å². The molecule has 1 aromatic heterocycles. The lowest BCUT2D eigenvalue weighted by molar-refractivity contribution is 0.103. The number of H-pyrrole nitrogens is 1. The van der Waals surface area contributed by atoms with Gasteiger partial charge in [0.05, 0.1) is 17.2 Å². The van der Waals surface area contributed by atoms with E-state index in [1.54, 1.807) is 16.9 Å². The van der Waals surface area contributed by atoms with Crippen LogP contribution in [0.25, 0.3) is 10.9 Å². The molecule has 2 heterocycles. The number of aromatic nitrogens is 1. The van der Waals surface area contributed by atoms with Crippen LogP contribution in [0.3, 0.4) is 0 Å². The first kappa shape index (κ1) is 24.0. The van der Waals surface area contributed by atoms with Crippen molar-refractivity contribution in [2.24, 2.45) is 5.92 Å². The molecule has 0 radical (unpaired) electrons. The largest absolute Gasteiger partial charge is 0.464 e. The fraction of sp³-hybridized carbons (Fsp3) is 0.346. The highest BCUT2D eigenvalue weighted by Gasteiger charge is 2.40. The third-order valence-corrected chi connectivity index (χ3v) is 8.91. The zero-order valence-electron chi connectivity index (χ0n) is 20.0. The number of fused-ring (bicyclic) bond motifs is 4. The van der Waals surface area contributed by atoms with Crippen LogP contribution in [0.2, 0.25) is 0 Å². The second kappa shape index (κ2) is 8.47. The van der Waals surface area contributed by atoms with Crippen LogP contribution < -0.4 is 4.72 Å². The molecule has 0 bridgehead atoms. The van der Waals surface area contributed by atoms with Gasteiger partial charge in [0.25, 0.3) is 0 Å². The number of piperidine rings is 1. The molecule has 0 atom stereocenters. The highest BCUT2D eigenvalue weighted by Crippen LogP contribution is 2.44. The molecular weight excluding hydrogens is 480 g/mol. The van der Waals surface area contributed by atoms with E-state index in [1.807, 2.05) is 18.2 Å². The van der Waals surface area contributed by atoms with Crippen LogP contribution >= 0.6 is 0 Å². The Bertz CT molecular complexity index is 1560. The molecule has 0 saturated carbocycles. The topological polar surface area (TPSA) is 143 Å². The van der Waals surface area contributed by atoms with E-state index in [0.29, 0.717) is 29.5 Å². The molecule has 0 spiro atoms. The van der Waals surface area contributed by atoms with Crippen molar-refractivity contribution in [1.82, 2.24) is 14.0 Å². The van der Waals surface area contributed by atoms with Crippen molar-refractivity contribution in [3.8, 4) is 6.07 Å². The summed E-state index contributed by atoms with van der Waals surface area (Å²) in [5.41, 5.74) is 5.02. The van der Waals surface area contributed by atoms with E-state index in [4.69, 9.17) is 5.11 Å². The van der Waals surface area contributed by atoms with Gasteiger partial charge >= 0.3 is 16.3 Å². The minimum absolute atomic E-state index is 0.0359. The second-order valence-corrected chi connectivity index (χ2v) is 11.7. The number of ketones is 1. The van der Waals surface area contributed by atoms with Crippen LogP contribution in [0.15, 0.2) is 36.4 Å². The fourth-order valence-corrected chi connectivity index (χ4v) is 6.58. The Hall–Kier alpha value is -3.68. The Kier molecular flexibility index (Phi) is 5.65. The molecule has 10 heteroatoms. The summed E-state index contributed by atoms with van der Waals surface area (Å²) >= 11 is 0. The lowest BCUT2D eigenvalue weighted by atomic mass is 9.70. The lowest BCUT2D eigenvalue weighted by Crippen LogP contribution is -2.46. The summed E-state index contributed by atoms with van der Waals surface area (Å²) in [7, 11) is -4.03. The molecule has 3 aromatic rings. The molecule has 1 amide bonds. The third-order valence-electron chi connectivity index (χ3n) is 7.44. The van der Waals surface area contributed by atoms with E-state index in [-0.39, 0.29) is 24.8 Å². The van der Waals surface area contributed by atoms with E-state index in [1.165, 1.54) is 4.31 Å². The first-order valence-electron chi connectivity index (χ1n) is 11.8. The number of amides is 1. The predicted octanol–water partition coefficient (Wildman–Crippen LogP) is 3.68. The fourth-order valence-electron chi connectivity index (χ4n) is 5.54. The van der Waals surface area contributed by atoms with E-state index < -0.39 is 21.7 Å². The van der Waals surface area contributed by atoms with Crippen LogP contribution in [-0.2, 0) is 22.0 Å². The minimum Gasteiger partial charge on any atom is -0.464 e. The Morgan fingerprint density at radius 2 is 1.94 bits per heavy atom. The maximum absolute atomic E-state index is 13.5. The summed E-state index contributed by atoms with van der Waals surface area (Å²) in [6.07, 6.45) is 0.385. The van der Waals surface area contributed by atoms with Crippen LogP contribution in [0.5, 0.6) is 0 Å². The monoisotopic (exact) mass is 506 g/mol. The molecule has 3 N–H and O–H groups in total. The smallest absolute Gasteiger partial charge is 0.419 e. The predicted molar refractivity (Wildman–Crippen MR) is 133 cm³/mol. The first-order chi connectivity index (χ1) is 17.0. The Balaban J connectivity index is 1.39. The normalized spacial score (nSPS) is 17.9. The maximum Gasteiger partial charge on any atom is 0.419 e. The SMILES string of the molecule is CC1(C)c2cc(CC3CCN(S(=O)(=O)NC(=O)O)CC3)ccc2C(=O)c2c1[nH]c1cc(C#N)ccc21. The van der Waals surface area contributed by atoms with E-state index in [0.717, 1.165) is 34.1 Å². The molecule has 9 nitrogen and oxygen atoms in total. The molecule has 5 rings (SSSR count). The molecule has 186 valence electrons. The van der Waals surface area contributed by atoms with E-state index in [9.17, 15) is 23.3 Å². The van der Waals surface area contributed by atoms with Crippen LogP contribution in [0.1, 0.15) is 65.0 Å². The van der Waals surface area contributed by atoms with E-state index in [2.05, 4.69) is 31.0 Å². The standard InChI is InChI=1S/C26H26N4O5S/c1-26(2)20-12-16(11-15-7-9-30(10-8-15)36(34,35)29-25(32)33)3-5-18(20)23(31)22-19-6-4-17(14-27)13-21(19)28-24(22)26/h3-6,12-13,15,28-29H,7-11H2,1-2H3,(H,32,33). The van der Waals surface area contributed by atoms with Gasteiger partial charge in [-0.05, 0) is 48.4 Å². The molecule has 1 saturated heterocycles. The van der Waals surface area contributed by atoms with Crippen molar-refractivity contribution >= 4 is 33.0 Å². The number of aromatic amines is 1. The van der Waals surface area contributed by atoms with Gasteiger partial charge in [-0.15, -0.1) is 0 Å². The summed E-state index contributed by atoms with van der Waals surface area (Å²) in [6.45, 7) is 4.68. The average Bonchev–Trinajstić information content (AvgIpc) is 3.22. The van der Waals surface area contributed by atoms with Crippen LogP contribution in [0, 0.1) is 17.2 Å². The third kappa shape index (κ3) is 3.94. The number of rotatable bonds is 4. The van der Waals surface area contributed by atoms with Crippen molar-refractivity contribution in [2.45, 2.75) is 38.5 Å². The number of hydrogen-bond acceptors (Lipinski definition) is 5. The summed E-state index contributed by atoms with van der Waals surface area (Å²) < 4.78 is 27.0. The van der Waals surface area contributed by atoms with Gasteiger partial charge in [0.15, 0.2) is 5.78 Å². The molecule has 2 aromatic carbocycles. The Morgan fingerprint density at radius 1 is 1.22 bits per heavy atom. The van der Waals surface area contributed by atoms with Crippen LogP contribution in [0.4, 0.5) is 4.79 Å². The Morgan fingerprint density at radius 3 is 2.61 bits per heavy atom. The van der Waals surface area contributed by atoms with Gasteiger partial charge < -0.3 is 10.1 Å². The van der Waals surface area contributed by atoms with Crippen molar-refractivity contribution in [2.75, 3.05) is 13.1 Å². The van der Waals surface area contributed by atoms with Crippen molar-refractivity contribution in [1.29, 1.82) is 5.26 Å². The van der Waals surface area contributed by atoms with Gasteiger partial charge in [-0.2, -0.15) is 18.0 Å². The molecule has 1 aliphatic heterocycles. The maximum atomic E-state index is 13.5. The molecule has 1 aliphatic carbocycles. The molecule has 0 unspecified atom stereocenters. The average molecular weight is 507 g/mol. The number of carbonyl (C=O) groups is 2. The summed E-state index contributed by atoms with van der Waals surface area (Å²) in [5, 5.41) is 18.8. The number of nitrogens with zero attached hydrogens (tertiary/aromatic N) is 2. The number of carboxylic acid groups (broad SMARTS) is 1. The second-order valence-electron chi connectivity index (χ2n) is 10.0. The number of nitriles is 1. The number of benzene rings is 2. The summed E-state index contributed by atoms with van der Waals surface area (Å²) in [4.78, 5) is 27.7. The molecule has 1 fully saturated rings. The zero-order chi connectivity index (χ0) is 25.8. The highest BCUT2D eigenvalue weighted by molar-refractivity contribution is 7.87. The van der Waals surface area contributed by atoms with Gasteiger partial charge in [0.1, 0.15) is 0 Å².